The van der Waals surface area contributed by atoms with Gasteiger partial charge in [0.15, 0.2) is 5.76 Å². The lowest BCUT2D eigenvalue weighted by molar-refractivity contribution is 0.0968. The van der Waals surface area contributed by atoms with Crippen molar-refractivity contribution in [2.24, 2.45) is 0 Å². The van der Waals surface area contributed by atoms with E-state index in [1.165, 1.54) is 0 Å². The second-order valence-corrected chi connectivity index (χ2v) is 4.21. The lowest BCUT2D eigenvalue weighted by atomic mass is 10.1. The summed E-state index contributed by atoms with van der Waals surface area (Å²) in [6.07, 6.45) is 0.346. The molecule has 0 N–H and O–H groups in total. The van der Waals surface area contributed by atoms with E-state index in [9.17, 15) is 4.79 Å². The fourth-order valence-corrected chi connectivity index (χ4v) is 1.66. The number of Topliss-reactive ketones (excluding diaryl/α,β-unsaturated/α-hetero) is 1. The van der Waals surface area contributed by atoms with E-state index in [4.69, 9.17) is 4.42 Å². The third-order valence-electron chi connectivity index (χ3n) is 2.41. The summed E-state index contributed by atoms with van der Waals surface area (Å²) in [6, 6.07) is 7.67. The van der Waals surface area contributed by atoms with E-state index in [0.29, 0.717) is 12.2 Å². The van der Waals surface area contributed by atoms with Crippen molar-refractivity contribution in [3.8, 4) is 0 Å². The van der Waals surface area contributed by atoms with E-state index in [-0.39, 0.29) is 5.78 Å². The molecule has 1 aromatic heterocycles. The lowest BCUT2D eigenvalue weighted by Gasteiger charge is -1.94. The number of fused-ring (bicyclic) bond motifs is 1. The lowest BCUT2D eigenvalue weighted by Crippen LogP contribution is -1.96. The SMILES string of the molecule is C=C(C)CC(=O)c1cc2cc(C)ccc2o1. The molecule has 0 bridgehead atoms. The summed E-state index contributed by atoms with van der Waals surface area (Å²) in [5.74, 6) is 0.407. The Morgan fingerprint density at radius 1 is 1.38 bits per heavy atom. The number of allylic oxidation sites excluding steroid dienone is 1. The van der Waals surface area contributed by atoms with Crippen molar-refractivity contribution in [2.75, 3.05) is 0 Å². The summed E-state index contributed by atoms with van der Waals surface area (Å²) in [7, 11) is 0. The summed E-state index contributed by atoms with van der Waals surface area (Å²) in [5, 5.41) is 0.977. The zero-order valence-electron chi connectivity index (χ0n) is 9.54. The third-order valence-corrected chi connectivity index (χ3v) is 2.41. The van der Waals surface area contributed by atoms with Gasteiger partial charge in [0.1, 0.15) is 5.58 Å². The number of carbonyl (C=O) groups is 1. The summed E-state index contributed by atoms with van der Waals surface area (Å²) in [4.78, 5) is 11.8. The molecule has 82 valence electrons. The second kappa shape index (κ2) is 3.97. The molecule has 0 fully saturated rings. The fourth-order valence-electron chi connectivity index (χ4n) is 1.66. The fraction of sp³-hybridized carbons (Fsp3) is 0.214. The molecular formula is C14H14O2. The van der Waals surface area contributed by atoms with Crippen LogP contribution in [0.4, 0.5) is 0 Å². The van der Waals surface area contributed by atoms with E-state index < -0.39 is 0 Å². The molecular weight excluding hydrogens is 200 g/mol. The molecule has 0 aliphatic carbocycles. The number of aryl methyl sites for hydroxylation is 1. The quantitative estimate of drug-likeness (QED) is 0.573. The van der Waals surface area contributed by atoms with Crippen molar-refractivity contribution in [1.29, 1.82) is 0 Å². The van der Waals surface area contributed by atoms with Crippen LogP contribution in [0.2, 0.25) is 0 Å². The van der Waals surface area contributed by atoms with Gasteiger partial charge >= 0.3 is 0 Å². The molecule has 2 aromatic rings. The molecule has 0 aliphatic heterocycles. The summed E-state index contributed by atoms with van der Waals surface area (Å²) >= 11 is 0. The largest absolute Gasteiger partial charge is 0.453 e. The minimum Gasteiger partial charge on any atom is -0.453 e. The summed E-state index contributed by atoms with van der Waals surface area (Å²) in [6.45, 7) is 7.58. The Hall–Kier alpha value is -1.83. The van der Waals surface area contributed by atoms with Crippen LogP contribution in [0.15, 0.2) is 40.8 Å². The normalized spacial score (nSPS) is 10.6. The van der Waals surface area contributed by atoms with Crippen molar-refractivity contribution in [3.63, 3.8) is 0 Å². The molecule has 16 heavy (non-hydrogen) atoms. The number of ketones is 1. The monoisotopic (exact) mass is 214 g/mol. The van der Waals surface area contributed by atoms with Crippen LogP contribution in [0.1, 0.15) is 29.5 Å². The van der Waals surface area contributed by atoms with E-state index in [1.807, 2.05) is 32.0 Å². The van der Waals surface area contributed by atoms with Gasteiger partial charge in [0.25, 0.3) is 0 Å². The maximum absolute atomic E-state index is 11.8. The zero-order chi connectivity index (χ0) is 11.7. The third kappa shape index (κ3) is 2.06. The minimum absolute atomic E-state index is 0.0126. The molecule has 2 rings (SSSR count). The molecule has 1 heterocycles. The molecule has 1 aromatic carbocycles. The molecule has 0 amide bonds. The Morgan fingerprint density at radius 2 is 2.12 bits per heavy atom. The molecule has 0 atom stereocenters. The average molecular weight is 214 g/mol. The molecule has 2 nitrogen and oxygen atoms in total. The summed E-state index contributed by atoms with van der Waals surface area (Å²) < 4.78 is 5.50. The van der Waals surface area contributed by atoms with Crippen molar-refractivity contribution < 1.29 is 9.21 Å². The highest BCUT2D eigenvalue weighted by Crippen LogP contribution is 2.22. The first kappa shape index (κ1) is 10.7. The minimum atomic E-state index is -0.0126. The molecule has 0 saturated carbocycles. The van der Waals surface area contributed by atoms with Crippen molar-refractivity contribution in [1.82, 2.24) is 0 Å². The van der Waals surface area contributed by atoms with Crippen molar-refractivity contribution in [3.05, 3.63) is 47.7 Å². The van der Waals surface area contributed by atoms with Gasteiger partial charge in [-0.2, -0.15) is 0 Å². The highest BCUT2D eigenvalue weighted by Gasteiger charge is 2.12. The van der Waals surface area contributed by atoms with Gasteiger partial charge in [-0.15, -0.1) is 0 Å². The average Bonchev–Trinajstić information content (AvgIpc) is 2.59. The van der Waals surface area contributed by atoms with Crippen LogP contribution in [0.3, 0.4) is 0 Å². The number of rotatable bonds is 3. The number of hydrogen-bond acceptors (Lipinski definition) is 2. The van der Waals surface area contributed by atoms with Crippen LogP contribution in [0.25, 0.3) is 11.0 Å². The van der Waals surface area contributed by atoms with E-state index in [2.05, 4.69) is 6.58 Å². The van der Waals surface area contributed by atoms with Gasteiger partial charge in [0.05, 0.1) is 0 Å². The maximum Gasteiger partial charge on any atom is 0.202 e. The number of hydrogen-bond donors (Lipinski definition) is 0. The predicted molar refractivity (Wildman–Crippen MR) is 64.7 cm³/mol. The van der Waals surface area contributed by atoms with Crippen LogP contribution in [-0.2, 0) is 0 Å². The first-order valence-electron chi connectivity index (χ1n) is 5.24. The Morgan fingerprint density at radius 3 is 2.81 bits per heavy atom. The van der Waals surface area contributed by atoms with Crippen LogP contribution >= 0.6 is 0 Å². The summed E-state index contributed by atoms with van der Waals surface area (Å²) in [5.41, 5.74) is 2.77. The van der Waals surface area contributed by atoms with Crippen LogP contribution < -0.4 is 0 Å². The Balaban J connectivity index is 2.39. The molecule has 2 heteroatoms. The van der Waals surface area contributed by atoms with Gasteiger partial charge in [-0.1, -0.05) is 23.8 Å². The standard InChI is InChI=1S/C14H14O2/c1-9(2)6-12(15)14-8-11-7-10(3)4-5-13(11)16-14/h4-5,7-8H,1,6H2,2-3H3. The van der Waals surface area contributed by atoms with Crippen molar-refractivity contribution in [2.45, 2.75) is 20.3 Å². The second-order valence-electron chi connectivity index (χ2n) is 4.21. The highest BCUT2D eigenvalue weighted by atomic mass is 16.3. The Labute approximate surface area is 94.6 Å². The van der Waals surface area contributed by atoms with Gasteiger partial charge in [-0.25, -0.2) is 0 Å². The zero-order valence-corrected chi connectivity index (χ0v) is 9.54. The molecule has 0 aliphatic rings. The van der Waals surface area contributed by atoms with E-state index >= 15 is 0 Å². The first-order valence-corrected chi connectivity index (χ1v) is 5.24. The van der Waals surface area contributed by atoms with Crippen LogP contribution in [0.5, 0.6) is 0 Å². The van der Waals surface area contributed by atoms with Gasteiger partial charge in [0, 0.05) is 11.8 Å². The van der Waals surface area contributed by atoms with Gasteiger partial charge in [0.2, 0.25) is 5.78 Å². The van der Waals surface area contributed by atoms with E-state index in [0.717, 1.165) is 22.1 Å². The van der Waals surface area contributed by atoms with Gasteiger partial charge in [-0.05, 0) is 32.0 Å². The number of furan rings is 1. The molecule has 0 radical (unpaired) electrons. The van der Waals surface area contributed by atoms with Gasteiger partial charge < -0.3 is 4.42 Å². The highest BCUT2D eigenvalue weighted by molar-refractivity contribution is 5.98. The number of carbonyl (C=O) groups excluding carboxylic acids is 1. The topological polar surface area (TPSA) is 30.2 Å². The molecule has 0 spiro atoms. The first-order chi connectivity index (χ1) is 7.56. The maximum atomic E-state index is 11.8. The van der Waals surface area contributed by atoms with Crippen LogP contribution in [0, 0.1) is 6.92 Å². The van der Waals surface area contributed by atoms with Crippen LogP contribution in [-0.4, -0.2) is 5.78 Å². The van der Waals surface area contributed by atoms with E-state index in [1.54, 1.807) is 6.07 Å². The molecule has 0 unspecified atom stereocenters. The molecule has 0 saturated heterocycles. The Bertz CT molecular complexity index is 561. The van der Waals surface area contributed by atoms with Crippen molar-refractivity contribution >= 4 is 16.8 Å². The smallest absolute Gasteiger partial charge is 0.202 e. The predicted octanol–water partition coefficient (Wildman–Crippen LogP) is 3.89. The number of benzene rings is 1. The Kier molecular flexibility index (Phi) is 2.65. The van der Waals surface area contributed by atoms with Gasteiger partial charge in [-0.3, -0.25) is 4.79 Å².